The zero-order chi connectivity index (χ0) is 21.2. The Kier molecular flexibility index (Phi) is 6.81. The summed E-state index contributed by atoms with van der Waals surface area (Å²) in [6.07, 6.45) is 4.34. The molecule has 0 radical (unpaired) electrons. The zero-order valence-electron chi connectivity index (χ0n) is 16.2. The lowest BCUT2D eigenvalue weighted by molar-refractivity contribution is -0.201. The van der Waals surface area contributed by atoms with Gasteiger partial charge in [0.25, 0.3) is 5.91 Å². The number of rotatable bonds is 7. The molecule has 1 N–H and O–H groups in total. The van der Waals surface area contributed by atoms with Crippen molar-refractivity contribution in [3.05, 3.63) is 27.7 Å². The highest BCUT2D eigenvalue weighted by Gasteiger charge is 2.44. The molecule has 0 unspecified atom stereocenters. The second-order valence-electron chi connectivity index (χ2n) is 7.28. The van der Waals surface area contributed by atoms with Crippen LogP contribution in [0.4, 0.5) is 4.39 Å². The van der Waals surface area contributed by atoms with Gasteiger partial charge in [0.05, 0.1) is 10.9 Å². The van der Waals surface area contributed by atoms with Crippen molar-refractivity contribution in [3.63, 3.8) is 0 Å². The Morgan fingerprint density at radius 3 is 2.90 bits per heavy atom. The Bertz CT molecular complexity index is 1010. The van der Waals surface area contributed by atoms with Gasteiger partial charge in [0.1, 0.15) is 5.82 Å². The molecule has 2 aromatic rings. The molecule has 1 amide bonds. The number of carbonyl (C=O) groups is 1. The van der Waals surface area contributed by atoms with Gasteiger partial charge in [-0.25, -0.2) is 23.1 Å². The van der Waals surface area contributed by atoms with Gasteiger partial charge in [-0.2, -0.15) is 5.10 Å². The minimum absolute atomic E-state index is 0.0563. The number of nitrogens with one attached hydrogen (secondary N) is 1. The fourth-order valence-corrected chi connectivity index (χ4v) is 4.33. The first-order valence-corrected chi connectivity index (χ1v) is 12.2. The van der Waals surface area contributed by atoms with Crippen LogP contribution < -0.4 is 5.48 Å². The van der Waals surface area contributed by atoms with Crippen LogP contribution >= 0.6 is 22.6 Å². The lowest BCUT2D eigenvalue weighted by Crippen LogP contribution is -2.51. The number of hydrogen-bond acceptors (Lipinski definition) is 6. The van der Waals surface area contributed by atoms with Crippen LogP contribution in [-0.4, -0.2) is 48.0 Å². The first kappa shape index (κ1) is 22.4. The second-order valence-corrected chi connectivity index (χ2v) is 10.9. The SMILES string of the molecule is C[C@](CCn1cc2c(F)c(I)ccc2n1)(C(=O)NO[C@H]1CCCCO1)S(C)(=O)=O. The van der Waals surface area contributed by atoms with E-state index in [1.165, 1.54) is 17.8 Å². The highest BCUT2D eigenvalue weighted by atomic mass is 127. The number of hydroxylamine groups is 1. The van der Waals surface area contributed by atoms with Crippen LogP contribution in [0.5, 0.6) is 0 Å². The third kappa shape index (κ3) is 4.89. The molecule has 1 aliphatic heterocycles. The highest BCUT2D eigenvalue weighted by molar-refractivity contribution is 14.1. The number of halogens is 2. The van der Waals surface area contributed by atoms with E-state index in [0.717, 1.165) is 19.1 Å². The van der Waals surface area contributed by atoms with E-state index in [1.807, 2.05) is 22.6 Å². The number of carbonyl (C=O) groups excluding carboxylic acids is 1. The fraction of sp³-hybridized carbons (Fsp3) is 0.556. The van der Waals surface area contributed by atoms with Crippen molar-refractivity contribution >= 4 is 49.2 Å². The average molecular weight is 539 g/mol. The molecule has 29 heavy (non-hydrogen) atoms. The van der Waals surface area contributed by atoms with Gasteiger partial charge in [-0.05, 0) is 60.9 Å². The Hall–Kier alpha value is -1.31. The number of ether oxygens (including phenoxy) is 1. The molecule has 0 spiro atoms. The number of fused-ring (bicyclic) bond motifs is 1. The quantitative estimate of drug-likeness (QED) is 0.429. The van der Waals surface area contributed by atoms with Gasteiger partial charge in [0, 0.05) is 35.6 Å². The van der Waals surface area contributed by atoms with Crippen molar-refractivity contribution in [1.29, 1.82) is 0 Å². The van der Waals surface area contributed by atoms with E-state index in [-0.39, 0.29) is 18.8 Å². The van der Waals surface area contributed by atoms with Crippen molar-refractivity contribution in [1.82, 2.24) is 15.3 Å². The minimum Gasteiger partial charge on any atom is -0.350 e. The van der Waals surface area contributed by atoms with Crippen LogP contribution in [0.1, 0.15) is 32.6 Å². The second kappa shape index (κ2) is 8.82. The van der Waals surface area contributed by atoms with E-state index < -0.39 is 26.8 Å². The Morgan fingerprint density at radius 2 is 2.24 bits per heavy atom. The third-order valence-electron chi connectivity index (χ3n) is 5.16. The first-order valence-electron chi connectivity index (χ1n) is 9.20. The summed E-state index contributed by atoms with van der Waals surface area (Å²) in [6.45, 7) is 1.99. The number of aryl methyl sites for hydroxylation is 1. The van der Waals surface area contributed by atoms with Gasteiger partial charge < -0.3 is 4.74 Å². The summed E-state index contributed by atoms with van der Waals surface area (Å²) in [5.41, 5.74) is 2.71. The predicted molar refractivity (Wildman–Crippen MR) is 113 cm³/mol. The van der Waals surface area contributed by atoms with Crippen molar-refractivity contribution in [3.8, 4) is 0 Å². The Labute approximate surface area is 182 Å². The monoisotopic (exact) mass is 539 g/mol. The standard InChI is InChI=1S/C18H23FIN3O5S/c1-18(29(2,25)26,17(24)22-28-15-5-3-4-10-27-15)8-9-23-11-12-14(21-23)7-6-13(20)16(12)19/h6-7,11,15H,3-5,8-10H2,1-2H3,(H,22,24)/t15-,18-/m0/s1. The Balaban J connectivity index is 1.73. The maximum Gasteiger partial charge on any atom is 0.264 e. The molecule has 1 fully saturated rings. The fourth-order valence-electron chi connectivity index (χ4n) is 3.02. The number of nitrogens with zero attached hydrogens (tertiary/aromatic N) is 2. The molecule has 1 aliphatic rings. The smallest absolute Gasteiger partial charge is 0.264 e. The molecule has 1 saturated heterocycles. The van der Waals surface area contributed by atoms with E-state index in [9.17, 15) is 17.6 Å². The normalized spacial score (nSPS) is 19.8. The van der Waals surface area contributed by atoms with Crippen LogP contribution in [0.15, 0.2) is 18.3 Å². The van der Waals surface area contributed by atoms with Crippen LogP contribution in [0.3, 0.4) is 0 Å². The molecule has 2 heterocycles. The van der Waals surface area contributed by atoms with E-state index in [2.05, 4.69) is 10.6 Å². The van der Waals surface area contributed by atoms with Crippen LogP contribution in [0, 0.1) is 9.39 Å². The molecule has 1 aromatic carbocycles. The maximum absolute atomic E-state index is 14.2. The summed E-state index contributed by atoms with van der Waals surface area (Å²) in [4.78, 5) is 17.9. The lowest BCUT2D eigenvalue weighted by atomic mass is 10.1. The van der Waals surface area contributed by atoms with Gasteiger partial charge in [-0.15, -0.1) is 0 Å². The largest absolute Gasteiger partial charge is 0.350 e. The van der Waals surface area contributed by atoms with E-state index in [0.29, 0.717) is 27.5 Å². The molecule has 2 atom stereocenters. The number of benzene rings is 1. The van der Waals surface area contributed by atoms with Crippen molar-refractivity contribution < 1.29 is 27.2 Å². The van der Waals surface area contributed by atoms with Crippen LogP contribution in [0.25, 0.3) is 10.9 Å². The van der Waals surface area contributed by atoms with Gasteiger partial charge in [0.2, 0.25) is 0 Å². The summed E-state index contributed by atoms with van der Waals surface area (Å²) >= 11 is 1.89. The maximum atomic E-state index is 14.2. The molecular formula is C18H23FIN3O5S. The summed E-state index contributed by atoms with van der Waals surface area (Å²) in [5, 5.41) is 4.62. The number of hydrogen-bond donors (Lipinski definition) is 1. The highest BCUT2D eigenvalue weighted by Crippen LogP contribution is 2.25. The predicted octanol–water partition coefficient (Wildman–Crippen LogP) is 2.55. The van der Waals surface area contributed by atoms with E-state index in [1.54, 1.807) is 12.1 Å². The van der Waals surface area contributed by atoms with Crippen molar-refractivity contribution in [2.24, 2.45) is 0 Å². The summed E-state index contributed by atoms with van der Waals surface area (Å²) < 4.78 is 44.6. The van der Waals surface area contributed by atoms with E-state index >= 15 is 0 Å². The molecule has 0 bridgehead atoms. The van der Waals surface area contributed by atoms with Crippen molar-refractivity contribution in [2.45, 2.75) is 50.2 Å². The number of sulfone groups is 1. The molecule has 0 aliphatic carbocycles. The number of amides is 1. The molecule has 1 aromatic heterocycles. The third-order valence-corrected chi connectivity index (χ3v) is 8.02. The van der Waals surface area contributed by atoms with Gasteiger partial charge >= 0.3 is 0 Å². The minimum atomic E-state index is -3.78. The molecule has 11 heteroatoms. The molecular weight excluding hydrogens is 516 g/mol. The molecule has 0 saturated carbocycles. The van der Waals surface area contributed by atoms with Gasteiger partial charge in [-0.3, -0.25) is 9.48 Å². The van der Waals surface area contributed by atoms with Crippen molar-refractivity contribution in [2.75, 3.05) is 12.9 Å². The summed E-state index contributed by atoms with van der Waals surface area (Å²) in [5.74, 6) is -1.15. The van der Waals surface area contributed by atoms with E-state index in [4.69, 9.17) is 9.57 Å². The molecule has 160 valence electrons. The summed E-state index contributed by atoms with van der Waals surface area (Å²) in [6, 6.07) is 3.31. The Morgan fingerprint density at radius 1 is 1.48 bits per heavy atom. The van der Waals surface area contributed by atoms with Crippen LogP contribution in [0.2, 0.25) is 0 Å². The lowest BCUT2D eigenvalue weighted by Gasteiger charge is -2.28. The molecule has 3 rings (SSSR count). The zero-order valence-corrected chi connectivity index (χ0v) is 19.1. The first-order chi connectivity index (χ1) is 13.6. The van der Waals surface area contributed by atoms with Crippen LogP contribution in [-0.2, 0) is 30.8 Å². The number of aromatic nitrogens is 2. The van der Waals surface area contributed by atoms with Gasteiger partial charge in [-0.1, -0.05) is 0 Å². The molecule has 8 nitrogen and oxygen atoms in total. The summed E-state index contributed by atoms with van der Waals surface area (Å²) in [7, 11) is -3.78. The topological polar surface area (TPSA) is 99.5 Å². The average Bonchev–Trinajstić information content (AvgIpc) is 3.11. The van der Waals surface area contributed by atoms with Gasteiger partial charge in [0.15, 0.2) is 20.9 Å².